The van der Waals surface area contributed by atoms with Gasteiger partial charge in [0.05, 0.1) is 10.4 Å². The lowest BCUT2D eigenvalue weighted by Crippen LogP contribution is -2.32. The third-order valence-corrected chi connectivity index (χ3v) is 5.82. The van der Waals surface area contributed by atoms with Crippen LogP contribution in [0.2, 0.25) is 0 Å². The molecule has 0 radical (unpaired) electrons. The predicted molar refractivity (Wildman–Crippen MR) is 113 cm³/mol. The molecular formula is C23H22N2OS. The van der Waals surface area contributed by atoms with E-state index in [0.29, 0.717) is 0 Å². The molecule has 1 amide bonds. The maximum atomic E-state index is 12.6. The summed E-state index contributed by atoms with van der Waals surface area (Å²) in [6.07, 6.45) is 3.95. The van der Waals surface area contributed by atoms with Gasteiger partial charge in [-0.3, -0.25) is 4.79 Å². The van der Waals surface area contributed by atoms with Gasteiger partial charge in [0.15, 0.2) is 0 Å². The van der Waals surface area contributed by atoms with Crippen LogP contribution in [0.25, 0.3) is 15.9 Å². The van der Waals surface area contributed by atoms with Gasteiger partial charge in [0.2, 0.25) is 0 Å². The number of aromatic nitrogens is 1. The quantitative estimate of drug-likeness (QED) is 0.479. The zero-order valence-electron chi connectivity index (χ0n) is 15.3. The lowest BCUT2D eigenvalue weighted by molar-refractivity contribution is 0.0942. The van der Waals surface area contributed by atoms with Crippen molar-refractivity contribution in [3.63, 3.8) is 0 Å². The lowest BCUT2D eigenvalue weighted by atomic mass is 10.1. The minimum absolute atomic E-state index is 0.00303. The van der Waals surface area contributed by atoms with Crippen LogP contribution in [0.5, 0.6) is 0 Å². The highest BCUT2D eigenvalue weighted by atomic mass is 32.1. The third-order valence-electron chi connectivity index (χ3n) is 4.74. The summed E-state index contributed by atoms with van der Waals surface area (Å²) in [5.41, 5.74) is 2.46. The van der Waals surface area contributed by atoms with E-state index >= 15 is 0 Å². The van der Waals surface area contributed by atoms with Gasteiger partial charge in [-0.25, -0.2) is 0 Å². The van der Waals surface area contributed by atoms with Crippen LogP contribution < -0.4 is 5.32 Å². The van der Waals surface area contributed by atoms with Crippen LogP contribution in [0.3, 0.4) is 0 Å². The predicted octanol–water partition coefficient (Wildman–Crippen LogP) is 5.44. The molecule has 0 fully saturated rings. The molecule has 3 nitrogen and oxygen atoms in total. The van der Waals surface area contributed by atoms with Gasteiger partial charge in [0, 0.05) is 12.2 Å². The molecule has 27 heavy (non-hydrogen) atoms. The van der Waals surface area contributed by atoms with Crippen LogP contribution in [0, 0.1) is 0 Å². The number of carbonyl (C=O) groups is 1. The van der Waals surface area contributed by atoms with Crippen molar-refractivity contribution in [2.24, 2.45) is 0 Å². The number of amides is 1. The fourth-order valence-corrected chi connectivity index (χ4v) is 4.16. The van der Waals surface area contributed by atoms with Gasteiger partial charge in [-0.05, 0) is 55.0 Å². The number of aryl methyl sites for hydroxylation is 1. The van der Waals surface area contributed by atoms with E-state index in [9.17, 15) is 4.79 Å². The normalized spacial score (nSPS) is 12.2. The topological polar surface area (TPSA) is 34.0 Å². The Morgan fingerprint density at radius 2 is 1.78 bits per heavy atom. The Bertz CT molecular complexity index is 1050. The van der Waals surface area contributed by atoms with Gasteiger partial charge < -0.3 is 9.88 Å². The van der Waals surface area contributed by atoms with E-state index in [2.05, 4.69) is 65.5 Å². The van der Waals surface area contributed by atoms with E-state index in [0.717, 1.165) is 28.2 Å². The molecule has 0 saturated carbocycles. The molecule has 1 N–H and O–H groups in total. The first-order valence-electron chi connectivity index (χ1n) is 9.22. The average Bonchev–Trinajstić information content (AvgIpc) is 3.34. The Hall–Kier alpha value is -2.85. The van der Waals surface area contributed by atoms with Crippen molar-refractivity contribution < 1.29 is 4.79 Å². The van der Waals surface area contributed by atoms with Gasteiger partial charge >= 0.3 is 0 Å². The van der Waals surface area contributed by atoms with E-state index in [1.54, 1.807) is 0 Å². The highest BCUT2D eigenvalue weighted by Gasteiger charge is 2.14. The molecular weight excluding hydrogens is 352 g/mol. The second-order valence-corrected chi connectivity index (χ2v) is 7.84. The number of benzene rings is 2. The molecule has 1 atom stereocenters. The molecule has 0 bridgehead atoms. The van der Waals surface area contributed by atoms with Crippen LogP contribution in [0.15, 0.2) is 79.0 Å². The lowest BCUT2D eigenvalue weighted by Gasteiger charge is -2.13. The van der Waals surface area contributed by atoms with Crippen molar-refractivity contribution in [3.8, 4) is 5.00 Å². The first kappa shape index (κ1) is 17.6. The number of fused-ring (bicyclic) bond motifs is 1. The summed E-state index contributed by atoms with van der Waals surface area (Å²) in [6.45, 7) is 2.06. The number of rotatable bonds is 6. The average molecular weight is 375 g/mol. The first-order valence-corrected chi connectivity index (χ1v) is 10.0. The van der Waals surface area contributed by atoms with Gasteiger partial charge in [-0.2, -0.15) is 0 Å². The Balaban J connectivity index is 1.41. The van der Waals surface area contributed by atoms with E-state index < -0.39 is 0 Å². The summed E-state index contributed by atoms with van der Waals surface area (Å²) in [5, 5.41) is 5.38. The summed E-state index contributed by atoms with van der Waals surface area (Å²) in [5.74, 6) is 0.00303. The largest absolute Gasteiger partial charge is 0.349 e. The number of nitrogens with one attached hydrogen (secondary N) is 1. The molecule has 2 aromatic heterocycles. The van der Waals surface area contributed by atoms with E-state index in [-0.39, 0.29) is 11.9 Å². The summed E-state index contributed by atoms with van der Waals surface area (Å²) < 4.78 is 2.13. The molecule has 2 aromatic carbocycles. The Morgan fingerprint density at radius 1 is 1.00 bits per heavy atom. The minimum Gasteiger partial charge on any atom is -0.349 e. The Kier molecular flexibility index (Phi) is 5.07. The fourth-order valence-electron chi connectivity index (χ4n) is 3.25. The van der Waals surface area contributed by atoms with Crippen LogP contribution in [0.4, 0.5) is 0 Å². The van der Waals surface area contributed by atoms with Crippen molar-refractivity contribution in [2.75, 3.05) is 0 Å². The molecule has 4 heteroatoms. The molecule has 0 aliphatic rings. The van der Waals surface area contributed by atoms with Crippen molar-refractivity contribution >= 4 is 28.1 Å². The second-order valence-electron chi connectivity index (χ2n) is 6.78. The molecule has 0 spiro atoms. The van der Waals surface area contributed by atoms with Crippen LogP contribution in [0.1, 0.15) is 28.6 Å². The van der Waals surface area contributed by atoms with Crippen molar-refractivity contribution in [1.29, 1.82) is 0 Å². The first-order chi connectivity index (χ1) is 13.2. The van der Waals surface area contributed by atoms with E-state index in [1.165, 1.54) is 22.3 Å². The van der Waals surface area contributed by atoms with E-state index in [4.69, 9.17) is 0 Å². The Labute approximate surface area is 163 Å². The molecule has 4 rings (SSSR count). The summed E-state index contributed by atoms with van der Waals surface area (Å²) in [4.78, 5) is 13.3. The van der Waals surface area contributed by atoms with Gasteiger partial charge in [0.1, 0.15) is 5.00 Å². The molecule has 4 aromatic rings. The maximum absolute atomic E-state index is 12.6. The van der Waals surface area contributed by atoms with Crippen LogP contribution >= 0.6 is 11.3 Å². The van der Waals surface area contributed by atoms with Crippen molar-refractivity contribution in [2.45, 2.75) is 25.8 Å². The molecule has 2 heterocycles. The number of hydrogen-bond donors (Lipinski definition) is 1. The summed E-state index contributed by atoms with van der Waals surface area (Å²) >= 11 is 1.52. The highest BCUT2D eigenvalue weighted by Crippen LogP contribution is 2.26. The molecule has 136 valence electrons. The fraction of sp³-hybridized carbons (Fsp3) is 0.174. The maximum Gasteiger partial charge on any atom is 0.261 e. The summed E-state index contributed by atoms with van der Waals surface area (Å²) in [7, 11) is 0. The highest BCUT2D eigenvalue weighted by molar-refractivity contribution is 7.16. The van der Waals surface area contributed by atoms with Crippen molar-refractivity contribution in [1.82, 2.24) is 9.88 Å². The van der Waals surface area contributed by atoms with E-state index in [1.807, 2.05) is 30.3 Å². The molecule has 0 aliphatic heterocycles. The minimum atomic E-state index is 0.00303. The number of para-hydroxylation sites is 1. The number of carbonyl (C=O) groups excluding carboxylic acids is 1. The number of thiophene rings is 1. The zero-order valence-corrected chi connectivity index (χ0v) is 16.1. The molecule has 0 unspecified atom stereocenters. The monoisotopic (exact) mass is 374 g/mol. The molecule has 0 saturated heterocycles. The zero-order chi connectivity index (χ0) is 18.6. The second kappa shape index (κ2) is 7.80. The van der Waals surface area contributed by atoms with Gasteiger partial charge in [-0.15, -0.1) is 11.3 Å². The smallest absolute Gasteiger partial charge is 0.261 e. The Morgan fingerprint density at radius 3 is 2.63 bits per heavy atom. The number of hydrogen-bond acceptors (Lipinski definition) is 2. The standard InChI is InChI=1S/C23H22N2OS/c1-17(11-12-18-7-3-2-4-8-18)24-23(26)21-13-14-22(27-21)25-16-15-19-9-5-6-10-20(19)25/h2-10,13-17H,11-12H2,1H3,(H,24,26)/t17-/m1/s1. The van der Waals surface area contributed by atoms with Crippen LogP contribution in [-0.2, 0) is 6.42 Å². The van der Waals surface area contributed by atoms with Crippen molar-refractivity contribution in [3.05, 3.63) is 89.4 Å². The third kappa shape index (κ3) is 3.96. The van der Waals surface area contributed by atoms with Crippen LogP contribution in [-0.4, -0.2) is 16.5 Å². The summed E-state index contributed by atoms with van der Waals surface area (Å²) in [6, 6.07) is 24.8. The van der Waals surface area contributed by atoms with Gasteiger partial charge in [-0.1, -0.05) is 48.5 Å². The molecule has 0 aliphatic carbocycles. The van der Waals surface area contributed by atoms with Gasteiger partial charge in [0.25, 0.3) is 5.91 Å². The SMILES string of the molecule is C[C@H](CCc1ccccc1)NC(=O)c1ccc(-n2ccc3ccccc32)s1. The number of nitrogens with zero attached hydrogens (tertiary/aromatic N) is 1.